The number of rotatable bonds is 8. The van der Waals surface area contributed by atoms with Gasteiger partial charge >= 0.3 is 6.03 Å². The smallest absolute Gasteiger partial charge is 0.324 e. The van der Waals surface area contributed by atoms with Crippen LogP contribution in [0.4, 0.5) is 4.79 Å². The Morgan fingerprint density at radius 2 is 1.88 bits per heavy atom. The highest BCUT2D eigenvalue weighted by Gasteiger charge is 2.38. The second-order valence-electron chi connectivity index (χ2n) is 8.24. The van der Waals surface area contributed by atoms with Gasteiger partial charge in [-0.15, -0.1) is 0 Å². The quantitative estimate of drug-likeness (QED) is 0.623. The first-order valence-electron chi connectivity index (χ1n) is 11.2. The van der Waals surface area contributed by atoms with Crippen LogP contribution < -0.4 is 10.1 Å². The van der Waals surface area contributed by atoms with Crippen molar-refractivity contribution in [1.82, 2.24) is 15.1 Å². The number of morpholine rings is 1. The normalized spacial score (nSPS) is 20.6. The predicted octanol–water partition coefficient (Wildman–Crippen LogP) is 2.54. The van der Waals surface area contributed by atoms with Crippen LogP contribution in [-0.4, -0.2) is 67.0 Å². The third kappa shape index (κ3) is 5.51. The van der Waals surface area contributed by atoms with Crippen LogP contribution in [0.25, 0.3) is 0 Å². The zero-order valence-corrected chi connectivity index (χ0v) is 18.7. The largest absolute Gasteiger partial charge is 0.497 e. The summed E-state index contributed by atoms with van der Waals surface area (Å²) in [5.41, 5.74) is 2.05. The molecule has 4 amide bonds. The van der Waals surface area contributed by atoms with Crippen LogP contribution in [0.15, 0.2) is 54.6 Å². The van der Waals surface area contributed by atoms with E-state index in [9.17, 15) is 14.4 Å². The van der Waals surface area contributed by atoms with E-state index in [4.69, 9.17) is 9.47 Å². The summed E-state index contributed by atoms with van der Waals surface area (Å²) in [4.78, 5) is 40.9. The zero-order chi connectivity index (χ0) is 23.2. The van der Waals surface area contributed by atoms with Crippen LogP contribution in [0.2, 0.25) is 0 Å². The van der Waals surface area contributed by atoms with Gasteiger partial charge in [0.2, 0.25) is 5.91 Å². The molecule has 2 aromatic rings. The van der Waals surface area contributed by atoms with Crippen molar-refractivity contribution in [2.45, 2.75) is 31.4 Å². The van der Waals surface area contributed by atoms with E-state index in [0.29, 0.717) is 32.7 Å². The molecule has 2 saturated heterocycles. The number of carbonyl (C=O) groups excluding carboxylic acids is 3. The Balaban J connectivity index is 1.26. The highest BCUT2D eigenvalue weighted by molar-refractivity contribution is 6.04. The fourth-order valence-corrected chi connectivity index (χ4v) is 4.19. The second kappa shape index (κ2) is 10.5. The summed E-state index contributed by atoms with van der Waals surface area (Å²) in [7, 11) is 1.60. The van der Waals surface area contributed by atoms with Gasteiger partial charge in [0.1, 0.15) is 17.9 Å². The molecule has 0 aliphatic carbocycles. The Morgan fingerprint density at radius 1 is 1.12 bits per heavy atom. The summed E-state index contributed by atoms with van der Waals surface area (Å²) in [6.45, 7) is 1.79. The summed E-state index contributed by atoms with van der Waals surface area (Å²) in [6, 6.07) is 16.3. The van der Waals surface area contributed by atoms with E-state index >= 15 is 0 Å². The molecule has 0 spiro atoms. The number of urea groups is 1. The summed E-state index contributed by atoms with van der Waals surface area (Å²) >= 11 is 0. The lowest BCUT2D eigenvalue weighted by molar-refractivity contribution is -0.139. The zero-order valence-electron chi connectivity index (χ0n) is 18.7. The van der Waals surface area contributed by atoms with Gasteiger partial charge in [0.15, 0.2) is 0 Å². The third-order valence-electron chi connectivity index (χ3n) is 6.13. The van der Waals surface area contributed by atoms with E-state index in [-0.39, 0.29) is 30.8 Å². The maximum absolute atomic E-state index is 12.8. The number of nitrogens with one attached hydrogen (secondary N) is 1. The minimum absolute atomic E-state index is 0.0297. The number of methoxy groups -OCH3 is 1. The Labute approximate surface area is 193 Å². The number of hydrogen-bond acceptors (Lipinski definition) is 5. The van der Waals surface area contributed by atoms with Crippen LogP contribution >= 0.6 is 0 Å². The van der Waals surface area contributed by atoms with Crippen LogP contribution in [-0.2, 0) is 20.7 Å². The first kappa shape index (κ1) is 22.8. The molecule has 33 heavy (non-hydrogen) atoms. The van der Waals surface area contributed by atoms with Gasteiger partial charge in [-0.1, -0.05) is 42.5 Å². The minimum Gasteiger partial charge on any atom is -0.497 e. The fraction of sp³-hybridized carbons (Fsp3) is 0.400. The highest BCUT2D eigenvalue weighted by Crippen LogP contribution is 2.23. The molecule has 0 unspecified atom stereocenters. The molecule has 0 radical (unpaired) electrons. The second-order valence-corrected chi connectivity index (χ2v) is 8.24. The van der Waals surface area contributed by atoms with Crippen molar-refractivity contribution in [3.05, 3.63) is 65.7 Å². The molecule has 2 heterocycles. The van der Waals surface area contributed by atoms with Crippen molar-refractivity contribution in [2.24, 2.45) is 0 Å². The predicted molar refractivity (Wildman–Crippen MR) is 122 cm³/mol. The number of ether oxygens (including phenoxy) is 2. The molecule has 1 N–H and O–H groups in total. The molecule has 2 fully saturated rings. The SMILES string of the molecule is COc1ccc(CCN2C(=O)N[C@@H](CCC(=O)N3CCO[C@@H](c4ccccc4)C3)C2=O)cc1. The van der Waals surface area contributed by atoms with E-state index in [1.54, 1.807) is 12.0 Å². The average molecular weight is 452 g/mol. The van der Waals surface area contributed by atoms with Crippen molar-refractivity contribution >= 4 is 17.8 Å². The molecule has 0 saturated carbocycles. The van der Waals surface area contributed by atoms with Crippen molar-refractivity contribution in [3.63, 3.8) is 0 Å². The molecular formula is C25H29N3O5. The van der Waals surface area contributed by atoms with Crippen molar-refractivity contribution in [1.29, 1.82) is 0 Å². The molecule has 4 rings (SSSR count). The third-order valence-corrected chi connectivity index (χ3v) is 6.13. The van der Waals surface area contributed by atoms with Gasteiger partial charge in [-0.25, -0.2) is 4.79 Å². The van der Waals surface area contributed by atoms with Gasteiger partial charge in [-0.3, -0.25) is 14.5 Å². The van der Waals surface area contributed by atoms with E-state index < -0.39 is 12.1 Å². The summed E-state index contributed by atoms with van der Waals surface area (Å²) in [5, 5.41) is 2.72. The van der Waals surface area contributed by atoms with Gasteiger partial charge in [0.25, 0.3) is 5.91 Å². The lowest BCUT2D eigenvalue weighted by Crippen LogP contribution is -2.43. The molecule has 2 aliphatic heterocycles. The molecule has 2 atom stereocenters. The Morgan fingerprint density at radius 3 is 2.61 bits per heavy atom. The Kier molecular flexibility index (Phi) is 7.24. The maximum atomic E-state index is 12.8. The molecule has 174 valence electrons. The van der Waals surface area contributed by atoms with Crippen LogP contribution in [0, 0.1) is 0 Å². The summed E-state index contributed by atoms with van der Waals surface area (Å²) in [6.07, 6.45) is 0.897. The summed E-state index contributed by atoms with van der Waals surface area (Å²) in [5.74, 6) is 0.456. The Bertz CT molecular complexity index is 979. The first-order valence-corrected chi connectivity index (χ1v) is 11.2. The standard InChI is InChI=1S/C25H29N3O5/c1-32-20-9-7-18(8-10-20)13-14-28-24(30)21(26-25(28)31)11-12-23(29)27-15-16-33-22(17-27)19-5-3-2-4-6-19/h2-10,21-22H,11-17H2,1H3,(H,26,31)/t21-,22+/m0/s1. The van der Waals surface area contributed by atoms with Crippen LogP contribution in [0.1, 0.15) is 30.1 Å². The molecule has 0 bridgehead atoms. The highest BCUT2D eigenvalue weighted by atomic mass is 16.5. The number of hydrogen-bond donors (Lipinski definition) is 1. The summed E-state index contributed by atoms with van der Waals surface area (Å²) < 4.78 is 11.0. The van der Waals surface area contributed by atoms with Gasteiger partial charge in [0.05, 0.1) is 20.3 Å². The van der Waals surface area contributed by atoms with Crippen LogP contribution in [0.3, 0.4) is 0 Å². The fourth-order valence-electron chi connectivity index (χ4n) is 4.19. The lowest BCUT2D eigenvalue weighted by atomic mass is 10.1. The number of benzene rings is 2. The van der Waals surface area contributed by atoms with Crippen molar-refractivity contribution < 1.29 is 23.9 Å². The topological polar surface area (TPSA) is 88.2 Å². The van der Waals surface area contributed by atoms with E-state index in [1.165, 1.54) is 4.90 Å². The van der Waals surface area contributed by atoms with Crippen molar-refractivity contribution in [2.75, 3.05) is 33.4 Å². The van der Waals surface area contributed by atoms with Gasteiger partial charge < -0.3 is 19.7 Å². The molecule has 8 nitrogen and oxygen atoms in total. The first-order chi connectivity index (χ1) is 16.0. The number of nitrogens with zero attached hydrogens (tertiary/aromatic N) is 2. The van der Waals surface area contributed by atoms with E-state index in [1.807, 2.05) is 54.6 Å². The van der Waals surface area contributed by atoms with Crippen LogP contribution in [0.5, 0.6) is 5.75 Å². The number of carbonyl (C=O) groups is 3. The number of amides is 4. The molecule has 8 heteroatoms. The Hall–Kier alpha value is -3.39. The van der Waals surface area contributed by atoms with Gasteiger partial charge in [0, 0.05) is 19.5 Å². The van der Waals surface area contributed by atoms with Gasteiger partial charge in [-0.2, -0.15) is 0 Å². The van der Waals surface area contributed by atoms with E-state index in [0.717, 1.165) is 16.9 Å². The minimum atomic E-state index is -0.664. The maximum Gasteiger partial charge on any atom is 0.324 e. The molecule has 0 aromatic heterocycles. The lowest BCUT2D eigenvalue weighted by Gasteiger charge is -2.33. The van der Waals surface area contributed by atoms with E-state index in [2.05, 4.69) is 5.32 Å². The monoisotopic (exact) mass is 451 g/mol. The molecular weight excluding hydrogens is 422 g/mol. The van der Waals surface area contributed by atoms with Crippen molar-refractivity contribution in [3.8, 4) is 5.75 Å². The van der Waals surface area contributed by atoms with Gasteiger partial charge in [-0.05, 0) is 36.1 Å². The number of imide groups is 1. The molecule has 2 aromatic carbocycles. The molecule has 2 aliphatic rings. The average Bonchev–Trinajstić information content (AvgIpc) is 3.14.